The molecule has 0 spiro atoms. The molecule has 9 nitrogen and oxygen atoms in total. The molecule has 0 radical (unpaired) electrons. The summed E-state index contributed by atoms with van der Waals surface area (Å²) >= 11 is 6.28. The summed E-state index contributed by atoms with van der Waals surface area (Å²) in [6.45, 7) is 7.58. The van der Waals surface area contributed by atoms with Crippen molar-refractivity contribution in [1.29, 1.82) is 0 Å². The van der Waals surface area contributed by atoms with Crippen molar-refractivity contribution in [1.82, 2.24) is 14.9 Å². The molecule has 0 unspecified atom stereocenters. The maximum absolute atomic E-state index is 13.0. The lowest BCUT2D eigenvalue weighted by Gasteiger charge is -2.35. The van der Waals surface area contributed by atoms with Gasteiger partial charge in [-0.3, -0.25) is 9.59 Å². The molecule has 4 rings (SSSR count). The van der Waals surface area contributed by atoms with Gasteiger partial charge in [0.1, 0.15) is 5.02 Å². The first-order valence-corrected chi connectivity index (χ1v) is 11.6. The van der Waals surface area contributed by atoms with Crippen LogP contribution in [-0.2, 0) is 9.59 Å². The molecule has 1 saturated heterocycles. The number of benzene rings is 2. The molecule has 186 valence electrons. The van der Waals surface area contributed by atoms with Gasteiger partial charge in [-0.05, 0) is 42.5 Å². The van der Waals surface area contributed by atoms with Crippen molar-refractivity contribution in [2.24, 2.45) is 0 Å². The first-order valence-electron chi connectivity index (χ1n) is 11.2. The molecule has 0 aliphatic carbocycles. The van der Waals surface area contributed by atoms with Gasteiger partial charge >= 0.3 is 0 Å². The van der Waals surface area contributed by atoms with E-state index in [1.807, 2.05) is 29.2 Å². The SMILES string of the molecule is C=C(F)C(=O)Nc1cccc(Nc2nc(Nc3ccc(N4CCN(C(C)=O)CC4)cc3)ncc2Cl)c1. The van der Waals surface area contributed by atoms with E-state index in [1.165, 1.54) is 6.20 Å². The number of hydrogen-bond donors (Lipinski definition) is 3. The van der Waals surface area contributed by atoms with E-state index < -0.39 is 11.7 Å². The molecule has 1 aromatic heterocycles. The number of aromatic nitrogens is 2. The molecule has 2 aromatic carbocycles. The number of amides is 2. The lowest BCUT2D eigenvalue weighted by atomic mass is 10.2. The number of nitrogens with one attached hydrogen (secondary N) is 3. The van der Waals surface area contributed by atoms with Crippen LogP contribution in [0.25, 0.3) is 0 Å². The maximum atomic E-state index is 13.0. The van der Waals surface area contributed by atoms with Crippen LogP contribution >= 0.6 is 11.6 Å². The van der Waals surface area contributed by atoms with Crippen LogP contribution in [0.4, 0.5) is 38.9 Å². The normalized spacial score (nSPS) is 13.2. The third-order valence-corrected chi connectivity index (χ3v) is 5.86. The Morgan fingerprint density at radius 2 is 1.69 bits per heavy atom. The van der Waals surface area contributed by atoms with Gasteiger partial charge in [0.15, 0.2) is 11.6 Å². The van der Waals surface area contributed by atoms with E-state index in [2.05, 4.69) is 37.4 Å². The molecule has 11 heteroatoms. The molecular weight excluding hydrogens is 485 g/mol. The molecule has 2 heterocycles. The number of rotatable bonds is 7. The Labute approximate surface area is 213 Å². The van der Waals surface area contributed by atoms with Crippen molar-refractivity contribution < 1.29 is 14.0 Å². The monoisotopic (exact) mass is 509 g/mol. The van der Waals surface area contributed by atoms with Crippen LogP contribution in [0, 0.1) is 0 Å². The number of carbonyl (C=O) groups excluding carboxylic acids is 2. The second-order valence-corrected chi connectivity index (χ2v) is 8.53. The third-order valence-electron chi connectivity index (χ3n) is 5.59. The summed E-state index contributed by atoms with van der Waals surface area (Å²) in [6.07, 6.45) is 1.47. The van der Waals surface area contributed by atoms with Crippen molar-refractivity contribution in [3.8, 4) is 0 Å². The van der Waals surface area contributed by atoms with E-state index in [4.69, 9.17) is 11.6 Å². The number of piperazine rings is 1. The summed E-state index contributed by atoms with van der Waals surface area (Å²) in [5.41, 5.74) is 2.84. The Kier molecular flexibility index (Phi) is 7.65. The Hall–Kier alpha value is -4.18. The average molecular weight is 510 g/mol. The van der Waals surface area contributed by atoms with Gasteiger partial charge in [0, 0.05) is 55.9 Å². The second-order valence-electron chi connectivity index (χ2n) is 8.12. The fourth-order valence-electron chi connectivity index (χ4n) is 3.69. The highest BCUT2D eigenvalue weighted by atomic mass is 35.5. The number of hydrogen-bond acceptors (Lipinski definition) is 7. The summed E-state index contributed by atoms with van der Waals surface area (Å²) in [5, 5.41) is 8.95. The quantitative estimate of drug-likeness (QED) is 0.396. The third kappa shape index (κ3) is 6.28. The van der Waals surface area contributed by atoms with Gasteiger partial charge in [-0.15, -0.1) is 0 Å². The van der Waals surface area contributed by atoms with E-state index in [0.717, 1.165) is 24.5 Å². The van der Waals surface area contributed by atoms with Gasteiger partial charge in [0.2, 0.25) is 11.9 Å². The minimum atomic E-state index is -1.08. The summed E-state index contributed by atoms with van der Waals surface area (Å²) < 4.78 is 13.0. The zero-order valence-electron chi connectivity index (χ0n) is 19.6. The molecule has 1 aliphatic heterocycles. The van der Waals surface area contributed by atoms with Gasteiger partial charge in [-0.1, -0.05) is 24.2 Å². The predicted octanol–water partition coefficient (Wildman–Crippen LogP) is 4.71. The number of nitrogens with zero attached hydrogens (tertiary/aromatic N) is 4. The van der Waals surface area contributed by atoms with Gasteiger partial charge in [-0.2, -0.15) is 4.98 Å². The van der Waals surface area contributed by atoms with Crippen molar-refractivity contribution in [2.75, 3.05) is 47.0 Å². The van der Waals surface area contributed by atoms with E-state index in [9.17, 15) is 14.0 Å². The highest BCUT2D eigenvalue weighted by molar-refractivity contribution is 6.32. The highest BCUT2D eigenvalue weighted by Gasteiger charge is 2.18. The molecule has 0 saturated carbocycles. The van der Waals surface area contributed by atoms with Gasteiger partial charge in [0.25, 0.3) is 5.91 Å². The molecule has 3 aromatic rings. The lowest BCUT2D eigenvalue weighted by Crippen LogP contribution is -2.48. The van der Waals surface area contributed by atoms with Crippen molar-refractivity contribution >= 4 is 57.9 Å². The molecule has 1 fully saturated rings. The standard InChI is InChI=1S/C25H25ClFN7O2/c1-16(27)24(36)30-20-5-3-4-19(14-20)29-23-22(26)15-28-25(32-23)31-18-6-8-21(9-7-18)34-12-10-33(11-13-34)17(2)35/h3-9,14-15H,1,10-13H2,2H3,(H,30,36)(H2,28,29,31,32). The smallest absolute Gasteiger partial charge is 0.283 e. The minimum Gasteiger partial charge on any atom is -0.368 e. The van der Waals surface area contributed by atoms with Crippen molar-refractivity contribution in [2.45, 2.75) is 6.92 Å². The first-order chi connectivity index (χ1) is 17.3. The van der Waals surface area contributed by atoms with Crippen LogP contribution in [0.5, 0.6) is 0 Å². The predicted molar refractivity (Wildman–Crippen MR) is 140 cm³/mol. The fraction of sp³-hybridized carbons (Fsp3) is 0.200. The van der Waals surface area contributed by atoms with Crippen LogP contribution in [0.2, 0.25) is 5.02 Å². The molecule has 1 aliphatic rings. The van der Waals surface area contributed by atoms with Crippen LogP contribution < -0.4 is 20.9 Å². The zero-order chi connectivity index (χ0) is 25.7. The van der Waals surface area contributed by atoms with E-state index in [-0.39, 0.29) is 5.91 Å². The molecule has 0 atom stereocenters. The summed E-state index contributed by atoms with van der Waals surface area (Å²) in [5.74, 6) is -1.20. The molecule has 36 heavy (non-hydrogen) atoms. The summed E-state index contributed by atoms with van der Waals surface area (Å²) in [7, 11) is 0. The zero-order valence-corrected chi connectivity index (χ0v) is 20.3. The van der Waals surface area contributed by atoms with Crippen LogP contribution in [0.1, 0.15) is 6.92 Å². The lowest BCUT2D eigenvalue weighted by molar-refractivity contribution is -0.129. The Morgan fingerprint density at radius 3 is 2.36 bits per heavy atom. The highest BCUT2D eigenvalue weighted by Crippen LogP contribution is 2.27. The van der Waals surface area contributed by atoms with E-state index in [1.54, 1.807) is 31.2 Å². The summed E-state index contributed by atoms with van der Waals surface area (Å²) in [4.78, 5) is 35.8. The number of halogens is 2. The Morgan fingerprint density at radius 1 is 1.00 bits per heavy atom. The molecule has 0 bridgehead atoms. The Bertz CT molecular complexity index is 1280. The van der Waals surface area contributed by atoms with Gasteiger partial charge < -0.3 is 25.8 Å². The molecule has 2 amide bonds. The van der Waals surface area contributed by atoms with Crippen molar-refractivity contribution in [3.63, 3.8) is 0 Å². The Balaban J connectivity index is 1.41. The van der Waals surface area contributed by atoms with Crippen LogP contribution in [-0.4, -0.2) is 52.9 Å². The minimum absolute atomic E-state index is 0.105. The molecule has 3 N–H and O–H groups in total. The second kappa shape index (κ2) is 11.0. The van der Waals surface area contributed by atoms with Crippen LogP contribution in [0.3, 0.4) is 0 Å². The van der Waals surface area contributed by atoms with Crippen LogP contribution in [0.15, 0.2) is 67.1 Å². The van der Waals surface area contributed by atoms with E-state index >= 15 is 0 Å². The number of anilines is 6. The molecular formula is C25H25ClFN7O2. The largest absolute Gasteiger partial charge is 0.368 e. The number of carbonyl (C=O) groups is 2. The van der Waals surface area contributed by atoms with Gasteiger partial charge in [-0.25, -0.2) is 9.37 Å². The van der Waals surface area contributed by atoms with Crippen molar-refractivity contribution in [3.05, 3.63) is 72.2 Å². The average Bonchev–Trinajstić information content (AvgIpc) is 2.87. The summed E-state index contributed by atoms with van der Waals surface area (Å²) in [6, 6.07) is 14.6. The first kappa shape index (κ1) is 24.9. The maximum Gasteiger partial charge on any atom is 0.283 e. The topological polar surface area (TPSA) is 102 Å². The van der Waals surface area contributed by atoms with E-state index in [0.29, 0.717) is 41.3 Å². The van der Waals surface area contributed by atoms with Gasteiger partial charge in [0.05, 0.1) is 6.20 Å². The fourth-order valence-corrected chi connectivity index (χ4v) is 3.83.